The van der Waals surface area contributed by atoms with Gasteiger partial charge in [-0.1, -0.05) is 12.1 Å². The molecule has 3 rings (SSSR count). The fraction of sp³-hybridized carbons (Fsp3) is 0. The number of nitrogens with one attached hydrogen (secondary N) is 1. The SMILES string of the molecule is Nc1ccc(-c2cc3cccc(F)c3[nH]2)nc1. The standard InChI is InChI=1S/C13H10FN3/c14-10-3-1-2-8-6-12(17-13(8)10)11-5-4-9(15)7-16-11/h1-7,17H,15H2. The highest BCUT2D eigenvalue weighted by atomic mass is 19.1. The van der Waals surface area contributed by atoms with Gasteiger partial charge in [0.25, 0.3) is 0 Å². The van der Waals surface area contributed by atoms with Crippen molar-refractivity contribution in [3.05, 3.63) is 48.4 Å². The Bertz CT molecular complexity index is 671. The number of hydrogen-bond donors (Lipinski definition) is 2. The summed E-state index contributed by atoms with van der Waals surface area (Å²) < 4.78 is 13.5. The lowest BCUT2D eigenvalue weighted by Crippen LogP contribution is -1.88. The summed E-state index contributed by atoms with van der Waals surface area (Å²) >= 11 is 0. The van der Waals surface area contributed by atoms with Crippen molar-refractivity contribution in [1.29, 1.82) is 0 Å². The monoisotopic (exact) mass is 227 g/mol. The van der Waals surface area contributed by atoms with Gasteiger partial charge in [-0.3, -0.25) is 4.98 Å². The van der Waals surface area contributed by atoms with E-state index in [9.17, 15) is 4.39 Å². The van der Waals surface area contributed by atoms with Crippen LogP contribution in [0.5, 0.6) is 0 Å². The van der Waals surface area contributed by atoms with Gasteiger partial charge in [0, 0.05) is 5.39 Å². The average Bonchev–Trinajstić information content (AvgIpc) is 2.75. The lowest BCUT2D eigenvalue weighted by molar-refractivity contribution is 0.637. The topological polar surface area (TPSA) is 54.7 Å². The highest BCUT2D eigenvalue weighted by molar-refractivity contribution is 5.85. The van der Waals surface area contributed by atoms with Crippen molar-refractivity contribution in [2.45, 2.75) is 0 Å². The molecule has 1 aromatic carbocycles. The third-order valence-electron chi connectivity index (χ3n) is 2.67. The summed E-state index contributed by atoms with van der Waals surface area (Å²) in [4.78, 5) is 7.22. The van der Waals surface area contributed by atoms with Gasteiger partial charge in [0.1, 0.15) is 5.82 Å². The molecule has 0 unspecified atom stereocenters. The summed E-state index contributed by atoms with van der Waals surface area (Å²) in [7, 11) is 0. The van der Waals surface area contributed by atoms with E-state index in [2.05, 4.69) is 9.97 Å². The zero-order valence-corrected chi connectivity index (χ0v) is 8.94. The third-order valence-corrected chi connectivity index (χ3v) is 2.67. The second-order valence-corrected chi connectivity index (χ2v) is 3.86. The van der Waals surface area contributed by atoms with Crippen LogP contribution in [0.3, 0.4) is 0 Å². The zero-order chi connectivity index (χ0) is 11.8. The molecule has 84 valence electrons. The molecule has 0 amide bonds. The van der Waals surface area contributed by atoms with Crippen LogP contribution in [0.15, 0.2) is 42.6 Å². The number of nitrogens with two attached hydrogens (primary N) is 1. The summed E-state index contributed by atoms with van der Waals surface area (Å²) in [5.41, 5.74) is 8.21. The number of anilines is 1. The van der Waals surface area contributed by atoms with Gasteiger partial charge in [0.15, 0.2) is 0 Å². The minimum absolute atomic E-state index is 0.260. The number of fused-ring (bicyclic) bond motifs is 1. The number of halogens is 1. The van der Waals surface area contributed by atoms with E-state index in [-0.39, 0.29) is 5.82 Å². The Morgan fingerprint density at radius 1 is 1.18 bits per heavy atom. The molecular weight excluding hydrogens is 217 g/mol. The summed E-state index contributed by atoms with van der Waals surface area (Å²) in [6.07, 6.45) is 1.58. The molecule has 3 nitrogen and oxygen atoms in total. The van der Waals surface area contributed by atoms with E-state index >= 15 is 0 Å². The first-order chi connectivity index (χ1) is 8.24. The van der Waals surface area contributed by atoms with Crippen molar-refractivity contribution in [3.8, 4) is 11.4 Å². The molecular formula is C13H10FN3. The number of pyridine rings is 1. The zero-order valence-electron chi connectivity index (χ0n) is 8.94. The number of nitrogens with zero attached hydrogens (tertiary/aromatic N) is 1. The fourth-order valence-corrected chi connectivity index (χ4v) is 1.82. The molecule has 0 fully saturated rings. The molecule has 2 heterocycles. The van der Waals surface area contributed by atoms with E-state index in [1.165, 1.54) is 6.07 Å². The smallest absolute Gasteiger partial charge is 0.147 e. The Balaban J connectivity index is 2.18. The maximum absolute atomic E-state index is 13.5. The number of para-hydroxylation sites is 1. The van der Waals surface area contributed by atoms with Crippen LogP contribution in [-0.2, 0) is 0 Å². The molecule has 0 radical (unpaired) electrons. The number of H-pyrrole nitrogens is 1. The Labute approximate surface area is 97.1 Å². The summed E-state index contributed by atoms with van der Waals surface area (Å²) in [6, 6.07) is 10.4. The van der Waals surface area contributed by atoms with E-state index in [0.717, 1.165) is 16.8 Å². The first-order valence-corrected chi connectivity index (χ1v) is 5.23. The van der Waals surface area contributed by atoms with Crippen molar-refractivity contribution >= 4 is 16.6 Å². The van der Waals surface area contributed by atoms with Crippen molar-refractivity contribution < 1.29 is 4.39 Å². The lowest BCUT2D eigenvalue weighted by atomic mass is 10.2. The van der Waals surface area contributed by atoms with E-state index < -0.39 is 0 Å². The maximum atomic E-state index is 13.5. The molecule has 3 N–H and O–H groups in total. The van der Waals surface area contributed by atoms with Crippen molar-refractivity contribution in [1.82, 2.24) is 9.97 Å². The Kier molecular flexibility index (Phi) is 2.08. The van der Waals surface area contributed by atoms with Crippen LogP contribution in [0, 0.1) is 5.82 Å². The van der Waals surface area contributed by atoms with Crippen molar-refractivity contribution in [2.24, 2.45) is 0 Å². The predicted molar refractivity (Wildman–Crippen MR) is 65.9 cm³/mol. The molecule has 3 aromatic rings. The molecule has 0 saturated heterocycles. The van der Waals surface area contributed by atoms with Crippen LogP contribution in [0.1, 0.15) is 0 Å². The van der Waals surface area contributed by atoms with Crippen LogP contribution >= 0.6 is 0 Å². The summed E-state index contributed by atoms with van der Waals surface area (Å²) in [5, 5.41) is 0.832. The van der Waals surface area contributed by atoms with E-state index in [1.807, 2.05) is 12.1 Å². The van der Waals surface area contributed by atoms with Crippen LogP contribution in [0.25, 0.3) is 22.3 Å². The van der Waals surface area contributed by atoms with Gasteiger partial charge in [0.05, 0.1) is 28.8 Å². The summed E-state index contributed by atoms with van der Waals surface area (Å²) in [5.74, 6) is -0.260. The molecule has 0 aliphatic carbocycles. The van der Waals surface area contributed by atoms with E-state index in [4.69, 9.17) is 5.73 Å². The minimum Gasteiger partial charge on any atom is -0.397 e. The van der Waals surface area contributed by atoms with Gasteiger partial charge in [-0.25, -0.2) is 4.39 Å². The van der Waals surface area contributed by atoms with Crippen LogP contribution < -0.4 is 5.73 Å². The molecule has 0 atom stereocenters. The second kappa shape index (κ2) is 3.59. The Morgan fingerprint density at radius 3 is 2.76 bits per heavy atom. The van der Waals surface area contributed by atoms with Gasteiger partial charge in [-0.2, -0.15) is 0 Å². The largest absolute Gasteiger partial charge is 0.397 e. The first kappa shape index (κ1) is 9.84. The highest BCUT2D eigenvalue weighted by Crippen LogP contribution is 2.24. The average molecular weight is 227 g/mol. The molecule has 0 spiro atoms. The van der Waals surface area contributed by atoms with Crippen LogP contribution in [0.2, 0.25) is 0 Å². The minimum atomic E-state index is -0.260. The van der Waals surface area contributed by atoms with Gasteiger partial charge >= 0.3 is 0 Å². The fourth-order valence-electron chi connectivity index (χ4n) is 1.82. The number of rotatable bonds is 1. The highest BCUT2D eigenvalue weighted by Gasteiger charge is 2.07. The molecule has 0 bridgehead atoms. The number of aromatic amines is 1. The predicted octanol–water partition coefficient (Wildman–Crippen LogP) is 2.95. The molecule has 0 aliphatic heterocycles. The van der Waals surface area contributed by atoms with Crippen molar-refractivity contribution in [2.75, 3.05) is 5.73 Å². The van der Waals surface area contributed by atoms with Crippen LogP contribution in [0.4, 0.5) is 10.1 Å². The van der Waals surface area contributed by atoms with Crippen molar-refractivity contribution in [3.63, 3.8) is 0 Å². The van der Waals surface area contributed by atoms with Gasteiger partial charge in [-0.05, 0) is 24.3 Å². The van der Waals surface area contributed by atoms with Crippen LogP contribution in [-0.4, -0.2) is 9.97 Å². The summed E-state index contributed by atoms with van der Waals surface area (Å²) in [6.45, 7) is 0. The molecule has 0 aliphatic rings. The number of nitrogen functional groups attached to an aromatic ring is 1. The quantitative estimate of drug-likeness (QED) is 0.671. The van der Waals surface area contributed by atoms with E-state index in [0.29, 0.717) is 11.2 Å². The maximum Gasteiger partial charge on any atom is 0.147 e. The number of benzene rings is 1. The van der Waals surface area contributed by atoms with Gasteiger partial charge in [-0.15, -0.1) is 0 Å². The Hall–Kier alpha value is -2.36. The third kappa shape index (κ3) is 1.63. The number of aromatic nitrogens is 2. The van der Waals surface area contributed by atoms with E-state index in [1.54, 1.807) is 24.4 Å². The van der Waals surface area contributed by atoms with Gasteiger partial charge in [0.2, 0.25) is 0 Å². The second-order valence-electron chi connectivity index (χ2n) is 3.86. The normalized spacial score (nSPS) is 10.9. The molecule has 4 heteroatoms. The first-order valence-electron chi connectivity index (χ1n) is 5.23. The molecule has 2 aromatic heterocycles. The molecule has 0 saturated carbocycles. The molecule has 17 heavy (non-hydrogen) atoms. The number of hydrogen-bond acceptors (Lipinski definition) is 2. The van der Waals surface area contributed by atoms with Gasteiger partial charge < -0.3 is 10.7 Å². The lowest BCUT2D eigenvalue weighted by Gasteiger charge is -1.97. The Morgan fingerprint density at radius 2 is 2.06 bits per heavy atom.